The van der Waals surface area contributed by atoms with Crippen LogP contribution in [0.5, 0.6) is 0 Å². The second kappa shape index (κ2) is 7.04. The number of likely N-dealkylation sites (tertiary alicyclic amines) is 1. The molecule has 0 radical (unpaired) electrons. The Morgan fingerprint density at radius 2 is 1.96 bits per heavy atom. The fourth-order valence-electron chi connectivity index (χ4n) is 3.59. The molecule has 1 heterocycles. The molecule has 0 N–H and O–H groups in total. The van der Waals surface area contributed by atoms with Gasteiger partial charge in [-0.2, -0.15) is 0 Å². The number of benzene rings is 2. The lowest BCUT2D eigenvalue weighted by Crippen LogP contribution is -2.35. The molecule has 2 aromatic carbocycles. The molecule has 3 rings (SSSR count). The molecule has 0 spiro atoms. The largest absolute Gasteiger partial charge is 0.444 e. The van der Waals surface area contributed by atoms with Crippen LogP contribution in [0.4, 0.5) is 4.79 Å². The highest BCUT2D eigenvalue weighted by Crippen LogP contribution is 2.36. The lowest BCUT2D eigenvalue weighted by molar-refractivity contribution is 0.0292. The van der Waals surface area contributed by atoms with Gasteiger partial charge >= 0.3 is 6.09 Å². The summed E-state index contributed by atoms with van der Waals surface area (Å²) in [5, 5.41) is 2.49. The number of amides is 1. The number of nitrogens with zero attached hydrogens (tertiary/aromatic N) is 1. The number of rotatable bonds is 3. The third-order valence-electron chi connectivity index (χ3n) is 4.61. The molecule has 1 aliphatic heterocycles. The molecule has 1 fully saturated rings. The molecule has 1 amide bonds. The van der Waals surface area contributed by atoms with Crippen molar-refractivity contribution in [2.24, 2.45) is 0 Å². The van der Waals surface area contributed by atoms with E-state index in [1.165, 1.54) is 21.9 Å². The van der Waals surface area contributed by atoms with Gasteiger partial charge < -0.3 is 14.4 Å². The van der Waals surface area contributed by atoms with Gasteiger partial charge in [-0.15, -0.1) is 0 Å². The second-order valence-corrected chi connectivity index (χ2v) is 7.70. The summed E-state index contributed by atoms with van der Waals surface area (Å²) in [6, 6.07) is 12.7. The van der Waals surface area contributed by atoms with Crippen LogP contribution < -0.4 is 0 Å². The third-order valence-corrected chi connectivity index (χ3v) is 4.61. The van der Waals surface area contributed by atoms with Crippen molar-refractivity contribution < 1.29 is 14.3 Å². The summed E-state index contributed by atoms with van der Waals surface area (Å²) < 4.78 is 10.9. The zero-order chi connectivity index (χ0) is 18.0. The highest BCUT2D eigenvalue weighted by atomic mass is 16.6. The molecule has 0 aliphatic carbocycles. The Labute approximate surface area is 149 Å². The van der Waals surface area contributed by atoms with Crippen LogP contribution in [0.1, 0.15) is 44.2 Å². The molecule has 1 saturated heterocycles. The van der Waals surface area contributed by atoms with Crippen LogP contribution in [-0.4, -0.2) is 36.8 Å². The predicted octanol–water partition coefficient (Wildman–Crippen LogP) is 4.71. The Kier molecular flexibility index (Phi) is 5.00. The maximum Gasteiger partial charge on any atom is 0.410 e. The number of fused-ring (bicyclic) bond motifs is 1. The van der Waals surface area contributed by atoms with Gasteiger partial charge in [-0.25, -0.2) is 4.79 Å². The van der Waals surface area contributed by atoms with Crippen molar-refractivity contribution in [3.05, 3.63) is 47.5 Å². The number of methoxy groups -OCH3 is 1. The highest BCUT2D eigenvalue weighted by molar-refractivity contribution is 5.87. The molecule has 134 valence electrons. The van der Waals surface area contributed by atoms with Gasteiger partial charge in [0.25, 0.3) is 0 Å². The average Bonchev–Trinajstić information content (AvgIpc) is 3.03. The van der Waals surface area contributed by atoms with E-state index in [1.807, 2.05) is 25.7 Å². The Morgan fingerprint density at radius 3 is 2.68 bits per heavy atom. The minimum Gasteiger partial charge on any atom is -0.444 e. The second-order valence-electron chi connectivity index (χ2n) is 7.70. The summed E-state index contributed by atoms with van der Waals surface area (Å²) in [6.07, 6.45) is 0.729. The lowest BCUT2D eigenvalue weighted by atomic mass is 9.88. The van der Waals surface area contributed by atoms with Gasteiger partial charge in [0.15, 0.2) is 0 Å². The smallest absolute Gasteiger partial charge is 0.410 e. The number of carbonyl (C=O) groups excluding carboxylic acids is 1. The van der Waals surface area contributed by atoms with E-state index in [2.05, 4.69) is 36.4 Å². The van der Waals surface area contributed by atoms with E-state index in [1.54, 1.807) is 7.11 Å². The van der Waals surface area contributed by atoms with Crippen molar-refractivity contribution in [3.8, 4) is 0 Å². The van der Waals surface area contributed by atoms with Crippen molar-refractivity contribution >= 4 is 16.9 Å². The molecular weight excluding hydrogens is 314 g/mol. The molecule has 2 aromatic rings. The first-order chi connectivity index (χ1) is 11.9. The average molecular weight is 341 g/mol. The minimum atomic E-state index is -0.462. The van der Waals surface area contributed by atoms with Crippen LogP contribution in [0.2, 0.25) is 0 Å². The summed E-state index contributed by atoms with van der Waals surface area (Å²) in [5.74, 6) is 0.309. The summed E-state index contributed by atoms with van der Waals surface area (Å²) in [6.45, 7) is 7.72. The Balaban J connectivity index is 1.89. The van der Waals surface area contributed by atoms with Gasteiger partial charge in [0.2, 0.25) is 0 Å². The first-order valence-electron chi connectivity index (χ1n) is 8.86. The van der Waals surface area contributed by atoms with Gasteiger partial charge in [-0.3, -0.25) is 0 Å². The lowest BCUT2D eigenvalue weighted by Gasteiger charge is -2.25. The topological polar surface area (TPSA) is 38.8 Å². The normalized spacial score (nSPS) is 17.9. The first-order valence-corrected chi connectivity index (χ1v) is 8.86. The van der Waals surface area contributed by atoms with Crippen molar-refractivity contribution in [2.45, 2.75) is 45.3 Å². The third kappa shape index (κ3) is 3.96. The van der Waals surface area contributed by atoms with E-state index in [0.717, 1.165) is 13.0 Å². The summed E-state index contributed by atoms with van der Waals surface area (Å²) in [5.41, 5.74) is 2.05. The molecule has 0 aromatic heterocycles. The fourth-order valence-corrected chi connectivity index (χ4v) is 3.59. The van der Waals surface area contributed by atoms with E-state index < -0.39 is 5.60 Å². The summed E-state index contributed by atoms with van der Waals surface area (Å²) in [7, 11) is 1.72. The zero-order valence-electron chi connectivity index (χ0n) is 15.5. The van der Waals surface area contributed by atoms with Gasteiger partial charge in [0, 0.05) is 26.1 Å². The molecular formula is C21H27NO3. The van der Waals surface area contributed by atoms with Crippen LogP contribution in [0.15, 0.2) is 36.4 Å². The van der Waals surface area contributed by atoms with Crippen LogP contribution in [-0.2, 0) is 16.1 Å². The monoisotopic (exact) mass is 341 g/mol. The van der Waals surface area contributed by atoms with Crippen LogP contribution in [0, 0.1) is 0 Å². The fraction of sp³-hybridized carbons (Fsp3) is 0.476. The summed E-state index contributed by atoms with van der Waals surface area (Å²) >= 11 is 0. The Morgan fingerprint density at radius 1 is 1.20 bits per heavy atom. The van der Waals surface area contributed by atoms with Gasteiger partial charge in [0.1, 0.15) is 5.60 Å². The van der Waals surface area contributed by atoms with Crippen LogP contribution >= 0.6 is 0 Å². The van der Waals surface area contributed by atoms with E-state index in [-0.39, 0.29) is 6.09 Å². The van der Waals surface area contributed by atoms with Gasteiger partial charge in [-0.1, -0.05) is 36.4 Å². The highest BCUT2D eigenvalue weighted by Gasteiger charge is 2.32. The zero-order valence-corrected chi connectivity index (χ0v) is 15.5. The van der Waals surface area contributed by atoms with E-state index >= 15 is 0 Å². The Hall–Kier alpha value is -2.07. The minimum absolute atomic E-state index is 0.219. The van der Waals surface area contributed by atoms with Gasteiger partial charge in [-0.05, 0) is 49.1 Å². The predicted molar refractivity (Wildman–Crippen MR) is 99.8 cm³/mol. The van der Waals surface area contributed by atoms with E-state index in [4.69, 9.17) is 9.47 Å². The first kappa shape index (κ1) is 17.7. The molecule has 1 aliphatic rings. The van der Waals surface area contributed by atoms with Crippen molar-refractivity contribution in [1.29, 1.82) is 0 Å². The molecule has 1 unspecified atom stereocenters. The van der Waals surface area contributed by atoms with E-state index in [0.29, 0.717) is 19.1 Å². The molecule has 0 saturated carbocycles. The number of carbonyl (C=O) groups is 1. The molecule has 4 heteroatoms. The van der Waals surface area contributed by atoms with Crippen molar-refractivity contribution in [3.63, 3.8) is 0 Å². The molecule has 25 heavy (non-hydrogen) atoms. The standard InChI is InChI=1S/C21H27NO3/c1-21(2,3)25-20(23)22-12-11-16(13-22)19-17(14-24-4)10-9-15-7-5-6-8-18(15)19/h5-10,16H,11-14H2,1-4H3. The SMILES string of the molecule is COCc1ccc2ccccc2c1C1CCN(C(=O)OC(C)(C)C)C1. The van der Waals surface area contributed by atoms with Crippen LogP contribution in [0.3, 0.4) is 0 Å². The van der Waals surface area contributed by atoms with Crippen LogP contribution in [0.25, 0.3) is 10.8 Å². The molecule has 4 nitrogen and oxygen atoms in total. The van der Waals surface area contributed by atoms with Crippen molar-refractivity contribution in [1.82, 2.24) is 4.90 Å². The van der Waals surface area contributed by atoms with Gasteiger partial charge in [0.05, 0.1) is 6.61 Å². The number of hydrogen-bond donors (Lipinski definition) is 0. The number of ether oxygens (including phenoxy) is 2. The Bertz CT molecular complexity index is 763. The van der Waals surface area contributed by atoms with E-state index in [9.17, 15) is 4.79 Å². The van der Waals surface area contributed by atoms with Crippen molar-refractivity contribution in [2.75, 3.05) is 20.2 Å². The number of hydrogen-bond acceptors (Lipinski definition) is 3. The summed E-state index contributed by atoms with van der Waals surface area (Å²) in [4.78, 5) is 14.2. The molecule has 0 bridgehead atoms. The quantitative estimate of drug-likeness (QED) is 0.811. The maximum absolute atomic E-state index is 12.4. The maximum atomic E-state index is 12.4. The molecule has 1 atom stereocenters.